The van der Waals surface area contributed by atoms with E-state index in [-0.39, 0.29) is 0 Å². The summed E-state index contributed by atoms with van der Waals surface area (Å²) in [4.78, 5) is 10.9. The SMILES string of the molecule is CC1CC=Cc2c1n(-c1ccc(C3(c4ccccc4)c4ccccc4-c4nc(-c5ccccc5)nc(-c5ccccc5)c43)cc1)c1ccccc21. The molecule has 2 aliphatic rings. The highest BCUT2D eigenvalue weighted by Crippen LogP contribution is 2.58. The number of rotatable bonds is 5. The molecule has 51 heavy (non-hydrogen) atoms. The van der Waals surface area contributed by atoms with Gasteiger partial charge in [0.05, 0.1) is 22.3 Å². The Morgan fingerprint density at radius 2 is 1.20 bits per heavy atom. The van der Waals surface area contributed by atoms with Crippen molar-refractivity contribution < 1.29 is 0 Å². The van der Waals surface area contributed by atoms with E-state index in [1.807, 2.05) is 6.07 Å². The molecule has 0 saturated heterocycles. The lowest BCUT2D eigenvalue weighted by Gasteiger charge is -2.35. The molecule has 3 nitrogen and oxygen atoms in total. The van der Waals surface area contributed by atoms with Gasteiger partial charge in [-0.05, 0) is 41.3 Å². The van der Waals surface area contributed by atoms with Gasteiger partial charge in [0.1, 0.15) is 0 Å². The van der Waals surface area contributed by atoms with Gasteiger partial charge < -0.3 is 4.57 Å². The molecule has 2 heterocycles. The quantitative estimate of drug-likeness (QED) is 0.185. The molecular weight excluding hydrogens is 619 g/mol. The van der Waals surface area contributed by atoms with E-state index < -0.39 is 5.41 Å². The van der Waals surface area contributed by atoms with Gasteiger partial charge in [-0.3, -0.25) is 0 Å². The number of para-hydroxylation sites is 1. The Labute approximate surface area is 298 Å². The summed E-state index contributed by atoms with van der Waals surface area (Å²) in [5, 5.41) is 1.30. The first-order chi connectivity index (χ1) is 25.2. The molecule has 8 aromatic rings. The van der Waals surface area contributed by atoms with E-state index in [1.165, 1.54) is 44.5 Å². The minimum atomic E-state index is -0.652. The van der Waals surface area contributed by atoms with Gasteiger partial charge in [0.2, 0.25) is 0 Å². The van der Waals surface area contributed by atoms with Gasteiger partial charge in [0.25, 0.3) is 0 Å². The molecule has 2 aromatic heterocycles. The number of aromatic nitrogens is 3. The largest absolute Gasteiger partial charge is 0.313 e. The molecule has 3 heteroatoms. The third-order valence-corrected chi connectivity index (χ3v) is 10.9. The first-order valence-corrected chi connectivity index (χ1v) is 17.8. The Hall–Kier alpha value is -6.32. The van der Waals surface area contributed by atoms with Crippen LogP contribution in [0.15, 0.2) is 170 Å². The van der Waals surface area contributed by atoms with Crippen molar-refractivity contribution in [2.45, 2.75) is 24.7 Å². The fourth-order valence-corrected chi connectivity index (χ4v) is 8.72. The van der Waals surface area contributed by atoms with Crippen molar-refractivity contribution >= 4 is 17.0 Å². The second-order valence-electron chi connectivity index (χ2n) is 13.8. The normalized spacial score (nSPS) is 17.2. The molecule has 0 radical (unpaired) electrons. The zero-order valence-corrected chi connectivity index (χ0v) is 28.4. The van der Waals surface area contributed by atoms with E-state index in [0.29, 0.717) is 5.92 Å². The monoisotopic (exact) mass is 653 g/mol. The summed E-state index contributed by atoms with van der Waals surface area (Å²) >= 11 is 0. The van der Waals surface area contributed by atoms with E-state index in [4.69, 9.17) is 9.97 Å². The van der Waals surface area contributed by atoms with Crippen LogP contribution in [-0.2, 0) is 5.41 Å². The smallest absolute Gasteiger partial charge is 0.160 e. The van der Waals surface area contributed by atoms with Gasteiger partial charge in [-0.1, -0.05) is 165 Å². The molecule has 0 fully saturated rings. The lowest BCUT2D eigenvalue weighted by atomic mass is 9.67. The zero-order chi connectivity index (χ0) is 33.9. The van der Waals surface area contributed by atoms with Crippen LogP contribution in [-0.4, -0.2) is 14.5 Å². The molecule has 0 N–H and O–H groups in total. The molecule has 0 spiro atoms. The van der Waals surface area contributed by atoms with Gasteiger partial charge in [-0.2, -0.15) is 0 Å². The van der Waals surface area contributed by atoms with Crippen molar-refractivity contribution in [2.24, 2.45) is 0 Å². The highest BCUT2D eigenvalue weighted by Gasteiger charge is 2.49. The van der Waals surface area contributed by atoms with Crippen LogP contribution in [0.3, 0.4) is 0 Å². The van der Waals surface area contributed by atoms with Crippen molar-refractivity contribution in [2.75, 3.05) is 0 Å². The molecular formula is C48H35N3. The van der Waals surface area contributed by atoms with Crippen LogP contribution in [0.1, 0.15) is 52.8 Å². The lowest BCUT2D eigenvalue weighted by molar-refractivity contribution is 0.722. The minimum Gasteiger partial charge on any atom is -0.313 e. The Balaban J connectivity index is 1.28. The van der Waals surface area contributed by atoms with Crippen LogP contribution in [0.25, 0.3) is 56.6 Å². The minimum absolute atomic E-state index is 0.422. The van der Waals surface area contributed by atoms with Gasteiger partial charge in [0.15, 0.2) is 5.82 Å². The van der Waals surface area contributed by atoms with Gasteiger partial charge in [0, 0.05) is 50.5 Å². The maximum atomic E-state index is 5.44. The van der Waals surface area contributed by atoms with Crippen molar-refractivity contribution in [1.82, 2.24) is 14.5 Å². The highest BCUT2D eigenvalue weighted by atomic mass is 15.0. The third-order valence-electron chi connectivity index (χ3n) is 10.9. The van der Waals surface area contributed by atoms with Crippen molar-refractivity contribution in [3.05, 3.63) is 203 Å². The Bertz CT molecular complexity index is 2600. The van der Waals surface area contributed by atoms with Crippen molar-refractivity contribution in [1.29, 1.82) is 0 Å². The average Bonchev–Trinajstić information content (AvgIpc) is 3.71. The molecule has 2 atom stereocenters. The van der Waals surface area contributed by atoms with Gasteiger partial charge in [-0.15, -0.1) is 0 Å². The lowest BCUT2D eigenvalue weighted by Crippen LogP contribution is -2.29. The number of hydrogen-bond acceptors (Lipinski definition) is 2. The van der Waals surface area contributed by atoms with Crippen LogP contribution in [0, 0.1) is 0 Å². The molecule has 0 amide bonds. The van der Waals surface area contributed by atoms with Gasteiger partial charge >= 0.3 is 0 Å². The van der Waals surface area contributed by atoms with E-state index in [9.17, 15) is 0 Å². The second kappa shape index (κ2) is 11.6. The van der Waals surface area contributed by atoms with Crippen LogP contribution in [0.2, 0.25) is 0 Å². The van der Waals surface area contributed by atoms with Crippen molar-refractivity contribution in [3.63, 3.8) is 0 Å². The standard InChI is InChI=1S/C48H35N3/c1-32-16-15-25-39-38-23-12-14-27-42(38)51(46(32)39)37-30-28-36(29-31-37)48(35-21-9-4-10-22-35)41-26-13-11-24-40(41)45-43(48)44(33-17-5-2-6-18-33)49-47(50-45)34-19-7-3-8-20-34/h2-15,17-32H,16H2,1H3. The van der Waals surface area contributed by atoms with Crippen LogP contribution in [0.5, 0.6) is 0 Å². The summed E-state index contributed by atoms with van der Waals surface area (Å²) < 4.78 is 2.49. The third kappa shape index (κ3) is 4.38. The van der Waals surface area contributed by atoms with Crippen LogP contribution in [0.4, 0.5) is 0 Å². The fraction of sp³-hybridized carbons (Fsp3) is 0.0833. The second-order valence-corrected chi connectivity index (χ2v) is 13.8. The Morgan fingerprint density at radius 1 is 0.588 bits per heavy atom. The van der Waals surface area contributed by atoms with E-state index in [0.717, 1.165) is 45.9 Å². The Kier molecular flexibility index (Phi) is 6.75. The highest BCUT2D eigenvalue weighted by molar-refractivity contribution is 5.94. The zero-order valence-electron chi connectivity index (χ0n) is 28.4. The predicted molar refractivity (Wildman–Crippen MR) is 209 cm³/mol. The molecule has 0 bridgehead atoms. The molecule has 2 unspecified atom stereocenters. The number of allylic oxidation sites excluding steroid dienone is 1. The maximum absolute atomic E-state index is 5.44. The first kappa shape index (κ1) is 29.6. The number of nitrogens with zero attached hydrogens (tertiary/aromatic N) is 3. The Morgan fingerprint density at radius 3 is 1.96 bits per heavy atom. The van der Waals surface area contributed by atoms with E-state index in [1.54, 1.807) is 0 Å². The fourth-order valence-electron chi connectivity index (χ4n) is 8.72. The molecule has 0 saturated carbocycles. The maximum Gasteiger partial charge on any atom is 0.160 e. The summed E-state index contributed by atoms with van der Waals surface area (Å²) in [5.41, 5.74) is 14.4. The molecule has 242 valence electrons. The first-order valence-electron chi connectivity index (χ1n) is 17.8. The molecule has 6 aromatic carbocycles. The summed E-state index contributed by atoms with van der Waals surface area (Å²) in [5.74, 6) is 1.15. The predicted octanol–water partition coefficient (Wildman–Crippen LogP) is 11.6. The summed E-state index contributed by atoms with van der Waals surface area (Å²) in [6.45, 7) is 2.34. The molecule has 10 rings (SSSR count). The average molecular weight is 654 g/mol. The number of benzene rings is 6. The molecule has 2 aliphatic carbocycles. The molecule has 0 aliphatic heterocycles. The topological polar surface area (TPSA) is 30.7 Å². The van der Waals surface area contributed by atoms with Crippen molar-refractivity contribution in [3.8, 4) is 39.6 Å². The van der Waals surface area contributed by atoms with Crippen LogP contribution < -0.4 is 0 Å². The number of hydrogen-bond donors (Lipinski definition) is 0. The summed E-state index contributed by atoms with van der Waals surface area (Å²) in [7, 11) is 0. The van der Waals surface area contributed by atoms with E-state index in [2.05, 4.69) is 181 Å². The van der Waals surface area contributed by atoms with Gasteiger partial charge in [-0.25, -0.2) is 9.97 Å². The summed E-state index contributed by atoms with van der Waals surface area (Å²) in [6.07, 6.45) is 5.68. The van der Waals surface area contributed by atoms with E-state index >= 15 is 0 Å². The summed E-state index contributed by atoms with van der Waals surface area (Å²) in [6, 6.07) is 58.9. The van der Waals surface area contributed by atoms with Crippen LogP contribution >= 0.6 is 0 Å². The number of fused-ring (bicyclic) bond motifs is 6.